The minimum absolute atomic E-state index is 0.151. The fourth-order valence-electron chi connectivity index (χ4n) is 1.36. The van der Waals surface area contributed by atoms with Crippen LogP contribution in [0.5, 0.6) is 0 Å². The van der Waals surface area contributed by atoms with Crippen molar-refractivity contribution in [3.05, 3.63) is 0 Å². The summed E-state index contributed by atoms with van der Waals surface area (Å²) in [5, 5.41) is 0. The molecule has 0 aliphatic heterocycles. The molecule has 0 fully saturated rings. The summed E-state index contributed by atoms with van der Waals surface area (Å²) in [5.74, 6) is 0. The maximum Gasteiger partial charge on any atom is 0.0380 e. The molecular formula is C8H17Br2N. The predicted molar refractivity (Wildman–Crippen MR) is 57.8 cm³/mol. The lowest BCUT2D eigenvalue weighted by Crippen LogP contribution is -2.34. The summed E-state index contributed by atoms with van der Waals surface area (Å²) in [7, 11) is 0. The number of hydrogen-bond donors (Lipinski definition) is 0. The largest absolute Gasteiger partial charge is 0.172 e. The Kier molecular flexibility index (Phi) is 4.07. The molecule has 0 amide bonds. The van der Waals surface area contributed by atoms with E-state index in [2.05, 4.69) is 66.9 Å². The summed E-state index contributed by atoms with van der Waals surface area (Å²) in [6.45, 7) is 11.1. The average molecular weight is 287 g/mol. The third kappa shape index (κ3) is 5.21. The van der Waals surface area contributed by atoms with Gasteiger partial charge in [-0.25, -0.2) is 0 Å². The summed E-state index contributed by atoms with van der Waals surface area (Å²) in [5.41, 5.74) is 0.515. The van der Waals surface area contributed by atoms with Crippen molar-refractivity contribution in [2.24, 2.45) is 5.41 Å². The van der Waals surface area contributed by atoms with Crippen molar-refractivity contribution in [3.8, 4) is 0 Å². The van der Waals surface area contributed by atoms with Crippen molar-refractivity contribution in [2.45, 2.75) is 46.6 Å². The molecule has 0 aromatic carbocycles. The number of rotatable bonds is 2. The molecule has 0 aliphatic rings. The van der Waals surface area contributed by atoms with Crippen LogP contribution in [0.25, 0.3) is 0 Å². The zero-order valence-electron chi connectivity index (χ0n) is 7.91. The highest BCUT2D eigenvalue weighted by molar-refractivity contribution is 9.21. The minimum Gasteiger partial charge on any atom is -0.172 e. The van der Waals surface area contributed by atoms with Crippen LogP contribution >= 0.6 is 32.3 Å². The monoisotopic (exact) mass is 285 g/mol. The fraction of sp³-hybridized carbons (Fsp3) is 1.00. The maximum absolute atomic E-state index is 3.40. The lowest BCUT2D eigenvalue weighted by atomic mass is 9.82. The van der Waals surface area contributed by atoms with Gasteiger partial charge in [-0.15, -0.1) is 0 Å². The van der Waals surface area contributed by atoms with Crippen LogP contribution in [0.15, 0.2) is 0 Å². The van der Waals surface area contributed by atoms with E-state index in [0.29, 0.717) is 5.41 Å². The Balaban J connectivity index is 4.13. The van der Waals surface area contributed by atoms with Crippen molar-refractivity contribution in [1.29, 1.82) is 0 Å². The van der Waals surface area contributed by atoms with Gasteiger partial charge < -0.3 is 0 Å². The maximum atomic E-state index is 3.40. The van der Waals surface area contributed by atoms with E-state index in [-0.39, 0.29) is 5.54 Å². The van der Waals surface area contributed by atoms with Gasteiger partial charge in [0.2, 0.25) is 0 Å². The van der Waals surface area contributed by atoms with Gasteiger partial charge in [-0.05, 0) is 25.7 Å². The van der Waals surface area contributed by atoms with Gasteiger partial charge in [0.25, 0.3) is 0 Å². The predicted octanol–water partition coefficient (Wildman–Crippen LogP) is 4.12. The Labute approximate surface area is 87.2 Å². The molecule has 0 radical (unpaired) electrons. The van der Waals surface area contributed by atoms with Crippen molar-refractivity contribution in [3.63, 3.8) is 0 Å². The highest BCUT2D eigenvalue weighted by Crippen LogP contribution is 2.34. The second-order valence-electron chi connectivity index (χ2n) is 4.78. The lowest BCUT2D eigenvalue weighted by molar-refractivity contribution is 0.236. The zero-order chi connectivity index (χ0) is 9.28. The molecule has 3 heteroatoms. The Morgan fingerprint density at radius 1 is 1.00 bits per heavy atom. The summed E-state index contributed by atoms with van der Waals surface area (Å²) in [6, 6.07) is 0. The highest BCUT2D eigenvalue weighted by atomic mass is 79.9. The topological polar surface area (TPSA) is 3.24 Å². The second kappa shape index (κ2) is 3.75. The fourth-order valence-corrected chi connectivity index (χ4v) is 1.61. The van der Waals surface area contributed by atoms with Crippen LogP contribution in [0.3, 0.4) is 0 Å². The molecule has 0 aromatic heterocycles. The van der Waals surface area contributed by atoms with Crippen molar-refractivity contribution in [1.82, 2.24) is 2.95 Å². The first-order valence-electron chi connectivity index (χ1n) is 3.77. The van der Waals surface area contributed by atoms with E-state index in [4.69, 9.17) is 0 Å². The molecule has 0 spiro atoms. The van der Waals surface area contributed by atoms with Gasteiger partial charge in [-0.2, -0.15) is 2.95 Å². The third-order valence-corrected chi connectivity index (χ3v) is 3.34. The van der Waals surface area contributed by atoms with Crippen LogP contribution in [0.4, 0.5) is 0 Å². The van der Waals surface area contributed by atoms with E-state index in [1.807, 2.05) is 2.95 Å². The lowest BCUT2D eigenvalue weighted by Gasteiger charge is -2.34. The van der Waals surface area contributed by atoms with Crippen LogP contribution in [-0.2, 0) is 0 Å². The highest BCUT2D eigenvalue weighted by Gasteiger charge is 2.29. The number of nitrogens with zero attached hydrogens (tertiary/aromatic N) is 1. The molecule has 0 rings (SSSR count). The van der Waals surface area contributed by atoms with E-state index in [0.717, 1.165) is 6.42 Å². The molecule has 0 aliphatic carbocycles. The number of hydrogen-bond acceptors (Lipinski definition) is 1. The van der Waals surface area contributed by atoms with Crippen molar-refractivity contribution >= 4 is 32.3 Å². The van der Waals surface area contributed by atoms with Crippen LogP contribution in [0, 0.1) is 5.41 Å². The molecule has 0 saturated heterocycles. The first-order chi connectivity index (χ1) is 4.65. The van der Waals surface area contributed by atoms with Crippen LogP contribution in [0.2, 0.25) is 0 Å². The molecule has 11 heavy (non-hydrogen) atoms. The molecule has 0 heterocycles. The van der Waals surface area contributed by atoms with Gasteiger partial charge in [0.15, 0.2) is 0 Å². The van der Waals surface area contributed by atoms with Crippen LogP contribution in [0.1, 0.15) is 41.0 Å². The average Bonchev–Trinajstić information content (AvgIpc) is 1.56. The normalized spacial score (nSPS) is 14.2. The standard InChI is InChI=1S/C8H17Br2N/c1-7(2,3)6-8(4,5)11(9)10/h6H2,1-5H3. The Bertz CT molecular complexity index is 125. The van der Waals surface area contributed by atoms with Gasteiger partial charge in [-0.3, -0.25) is 0 Å². The molecule has 0 bridgehead atoms. The third-order valence-electron chi connectivity index (χ3n) is 1.42. The van der Waals surface area contributed by atoms with Gasteiger partial charge in [0, 0.05) is 37.8 Å². The van der Waals surface area contributed by atoms with E-state index >= 15 is 0 Å². The van der Waals surface area contributed by atoms with E-state index < -0.39 is 0 Å². The Morgan fingerprint density at radius 2 is 1.36 bits per heavy atom. The second-order valence-corrected chi connectivity index (χ2v) is 7.15. The van der Waals surface area contributed by atoms with Crippen LogP contribution < -0.4 is 0 Å². The minimum atomic E-state index is 0.151. The van der Waals surface area contributed by atoms with Crippen molar-refractivity contribution < 1.29 is 0 Å². The molecule has 0 unspecified atom stereocenters. The van der Waals surface area contributed by atoms with Gasteiger partial charge in [0.05, 0.1) is 0 Å². The molecule has 1 nitrogen and oxygen atoms in total. The SMILES string of the molecule is CC(C)(C)CC(C)(C)N(Br)Br. The molecule has 68 valence electrons. The van der Waals surface area contributed by atoms with Gasteiger partial charge >= 0.3 is 0 Å². The van der Waals surface area contributed by atoms with E-state index in [1.54, 1.807) is 0 Å². The first-order valence-corrected chi connectivity index (χ1v) is 5.19. The number of halogens is 2. The summed E-state index contributed by atoms with van der Waals surface area (Å²) in [4.78, 5) is 0. The molecule has 0 atom stereocenters. The van der Waals surface area contributed by atoms with Crippen molar-refractivity contribution in [2.75, 3.05) is 0 Å². The van der Waals surface area contributed by atoms with Gasteiger partial charge in [-0.1, -0.05) is 20.8 Å². The smallest absolute Gasteiger partial charge is 0.0380 e. The summed E-state index contributed by atoms with van der Waals surface area (Å²) < 4.78 is 1.91. The van der Waals surface area contributed by atoms with E-state index in [1.165, 1.54) is 0 Å². The molecule has 0 aromatic rings. The molecular weight excluding hydrogens is 270 g/mol. The van der Waals surface area contributed by atoms with Crippen LogP contribution in [-0.4, -0.2) is 8.49 Å². The summed E-state index contributed by atoms with van der Waals surface area (Å²) in [6.07, 6.45) is 1.14. The zero-order valence-corrected chi connectivity index (χ0v) is 11.1. The Hall–Kier alpha value is 0.920. The van der Waals surface area contributed by atoms with E-state index in [9.17, 15) is 0 Å². The summed E-state index contributed by atoms with van der Waals surface area (Å²) >= 11 is 6.80. The quantitative estimate of drug-likeness (QED) is 0.690. The first kappa shape index (κ1) is 11.9. The molecule has 0 saturated carbocycles. The molecule has 0 N–H and O–H groups in total. The van der Waals surface area contributed by atoms with Gasteiger partial charge in [0.1, 0.15) is 0 Å². The Morgan fingerprint density at radius 3 is 1.45 bits per heavy atom.